The Morgan fingerprint density at radius 3 is 2.58 bits per heavy atom. The highest BCUT2D eigenvalue weighted by Crippen LogP contribution is 2.16. The summed E-state index contributed by atoms with van der Waals surface area (Å²) in [5.41, 5.74) is 0. The summed E-state index contributed by atoms with van der Waals surface area (Å²) in [6.45, 7) is 6.62. The van der Waals surface area contributed by atoms with Crippen molar-refractivity contribution in [2.75, 3.05) is 13.2 Å². The van der Waals surface area contributed by atoms with Crippen molar-refractivity contribution in [3.05, 3.63) is 12.0 Å². The van der Waals surface area contributed by atoms with Crippen LogP contribution in [0.3, 0.4) is 0 Å². The number of ether oxygens (including phenoxy) is 1. The molecule has 1 heterocycles. The zero-order valence-corrected chi connectivity index (χ0v) is 12.3. The molecule has 1 N–H and O–H groups in total. The summed E-state index contributed by atoms with van der Waals surface area (Å²) in [6.07, 6.45) is 1.24. The average Bonchev–Trinajstić information content (AvgIpc) is 2.73. The first-order valence-corrected chi connectivity index (χ1v) is 7.42. The molecule has 0 amide bonds. The molecule has 0 unspecified atom stereocenters. The highest BCUT2D eigenvalue weighted by molar-refractivity contribution is 7.89. The lowest BCUT2D eigenvalue weighted by atomic mass is 10.4. The zero-order valence-electron chi connectivity index (χ0n) is 11.5. The van der Waals surface area contributed by atoms with E-state index in [4.69, 9.17) is 4.74 Å². The van der Waals surface area contributed by atoms with Crippen LogP contribution in [-0.4, -0.2) is 47.9 Å². The van der Waals surface area contributed by atoms with E-state index in [0.29, 0.717) is 5.82 Å². The molecule has 0 aliphatic rings. The van der Waals surface area contributed by atoms with E-state index in [2.05, 4.69) is 9.97 Å². The van der Waals surface area contributed by atoms with Crippen LogP contribution in [0.1, 0.15) is 26.6 Å². The molecule has 0 radical (unpaired) electrons. The summed E-state index contributed by atoms with van der Waals surface area (Å²) in [5, 5.41) is -0.0250. The van der Waals surface area contributed by atoms with Crippen LogP contribution < -0.4 is 0 Å². The minimum absolute atomic E-state index is 0.0250. The zero-order chi connectivity index (χ0) is 14.6. The van der Waals surface area contributed by atoms with Crippen molar-refractivity contribution in [3.63, 3.8) is 0 Å². The molecule has 0 aliphatic carbocycles. The molecule has 0 aromatic carbocycles. The number of carbonyl (C=O) groups excluding carboxylic acids is 1. The van der Waals surface area contributed by atoms with E-state index in [-0.39, 0.29) is 24.2 Å². The summed E-state index contributed by atoms with van der Waals surface area (Å²) in [4.78, 5) is 18.0. The molecule has 8 heteroatoms. The monoisotopic (exact) mass is 289 g/mol. The lowest BCUT2D eigenvalue weighted by Crippen LogP contribution is -2.41. The number of carbonyl (C=O) groups is 1. The quantitative estimate of drug-likeness (QED) is 0.777. The summed E-state index contributed by atoms with van der Waals surface area (Å²) in [6, 6.07) is -0.363. The van der Waals surface area contributed by atoms with E-state index in [1.54, 1.807) is 27.7 Å². The van der Waals surface area contributed by atoms with Crippen molar-refractivity contribution in [2.45, 2.75) is 38.8 Å². The standard InChI is InChI=1S/C11H19N3O4S/c1-5-18-11(15)7-14(8(2)3)19(16,17)10-6-12-9(4)13-10/h6,8H,5,7H2,1-4H3,(H,12,13). The predicted octanol–water partition coefficient (Wildman–Crippen LogP) is 0.680. The summed E-state index contributed by atoms with van der Waals surface area (Å²) >= 11 is 0. The van der Waals surface area contributed by atoms with Gasteiger partial charge < -0.3 is 9.72 Å². The number of H-pyrrole nitrogens is 1. The summed E-state index contributed by atoms with van der Waals surface area (Å²) in [7, 11) is -3.78. The second-order valence-corrected chi connectivity index (χ2v) is 6.14. The number of aromatic nitrogens is 2. The Bertz CT molecular complexity index is 536. The van der Waals surface area contributed by atoms with Crippen LogP contribution in [0.2, 0.25) is 0 Å². The average molecular weight is 289 g/mol. The van der Waals surface area contributed by atoms with Gasteiger partial charge in [-0.3, -0.25) is 4.79 Å². The van der Waals surface area contributed by atoms with E-state index >= 15 is 0 Å². The normalized spacial score (nSPS) is 12.1. The molecule has 0 saturated carbocycles. The van der Waals surface area contributed by atoms with Crippen LogP contribution in [0.15, 0.2) is 11.2 Å². The van der Waals surface area contributed by atoms with Gasteiger partial charge in [-0.25, -0.2) is 13.4 Å². The van der Waals surface area contributed by atoms with Crippen molar-refractivity contribution in [1.82, 2.24) is 14.3 Å². The van der Waals surface area contributed by atoms with Gasteiger partial charge >= 0.3 is 5.97 Å². The van der Waals surface area contributed by atoms with Crippen LogP contribution in [-0.2, 0) is 19.6 Å². The number of esters is 1. The Balaban J connectivity index is 3.02. The first-order chi connectivity index (χ1) is 8.78. The molecule has 19 heavy (non-hydrogen) atoms. The number of hydrogen-bond acceptors (Lipinski definition) is 5. The number of imidazole rings is 1. The number of hydrogen-bond donors (Lipinski definition) is 1. The fraction of sp³-hybridized carbons (Fsp3) is 0.636. The molecule has 108 valence electrons. The molecule has 7 nitrogen and oxygen atoms in total. The lowest BCUT2D eigenvalue weighted by Gasteiger charge is -2.23. The van der Waals surface area contributed by atoms with Crippen molar-refractivity contribution in [2.24, 2.45) is 0 Å². The molecule has 0 saturated heterocycles. The van der Waals surface area contributed by atoms with Gasteiger partial charge in [-0.2, -0.15) is 4.31 Å². The summed E-state index contributed by atoms with van der Waals surface area (Å²) < 4.78 is 30.6. The van der Waals surface area contributed by atoms with Gasteiger partial charge in [0.15, 0.2) is 5.03 Å². The Labute approximate surface area is 113 Å². The summed E-state index contributed by atoms with van der Waals surface area (Å²) in [5.74, 6) is -0.0746. The van der Waals surface area contributed by atoms with Crippen molar-refractivity contribution in [1.29, 1.82) is 0 Å². The smallest absolute Gasteiger partial charge is 0.321 e. The molecule has 0 fully saturated rings. The van der Waals surface area contributed by atoms with Gasteiger partial charge in [0.25, 0.3) is 10.0 Å². The fourth-order valence-corrected chi connectivity index (χ4v) is 3.08. The van der Waals surface area contributed by atoms with Gasteiger partial charge in [-0.05, 0) is 27.7 Å². The van der Waals surface area contributed by atoms with Crippen LogP contribution in [0.4, 0.5) is 0 Å². The molecule has 1 aromatic heterocycles. The molecule has 0 atom stereocenters. The van der Waals surface area contributed by atoms with Crippen LogP contribution in [0.25, 0.3) is 0 Å². The van der Waals surface area contributed by atoms with Gasteiger partial charge in [-0.1, -0.05) is 0 Å². The van der Waals surface area contributed by atoms with E-state index < -0.39 is 16.0 Å². The molecule has 0 aliphatic heterocycles. The highest BCUT2D eigenvalue weighted by Gasteiger charge is 2.30. The Hall–Kier alpha value is -1.41. The SMILES string of the molecule is CCOC(=O)CN(C(C)C)S(=O)(=O)c1cnc(C)[nH]1. The Morgan fingerprint density at radius 2 is 2.16 bits per heavy atom. The molecule has 0 bridgehead atoms. The van der Waals surface area contributed by atoms with Crippen molar-refractivity contribution in [3.8, 4) is 0 Å². The lowest BCUT2D eigenvalue weighted by molar-refractivity contribution is -0.143. The van der Waals surface area contributed by atoms with Crippen LogP contribution in [0.5, 0.6) is 0 Å². The largest absolute Gasteiger partial charge is 0.465 e. The van der Waals surface area contributed by atoms with Gasteiger partial charge in [0.2, 0.25) is 0 Å². The predicted molar refractivity (Wildman–Crippen MR) is 69.0 cm³/mol. The van der Waals surface area contributed by atoms with Gasteiger partial charge in [-0.15, -0.1) is 0 Å². The van der Waals surface area contributed by atoms with Crippen LogP contribution >= 0.6 is 0 Å². The molecular formula is C11H19N3O4S. The first kappa shape index (κ1) is 15.6. The van der Waals surface area contributed by atoms with E-state index in [1.807, 2.05) is 0 Å². The Kier molecular flexibility index (Phi) is 5.07. The molecular weight excluding hydrogens is 270 g/mol. The minimum atomic E-state index is -3.78. The second kappa shape index (κ2) is 6.16. The maximum Gasteiger partial charge on any atom is 0.321 e. The molecule has 0 spiro atoms. The van der Waals surface area contributed by atoms with Gasteiger partial charge in [0.1, 0.15) is 12.4 Å². The second-order valence-electron chi connectivity index (χ2n) is 4.28. The van der Waals surface area contributed by atoms with Crippen molar-refractivity contribution < 1.29 is 17.9 Å². The number of aryl methyl sites for hydroxylation is 1. The molecule has 1 aromatic rings. The molecule has 1 rings (SSSR count). The van der Waals surface area contributed by atoms with Crippen LogP contribution in [0, 0.1) is 6.92 Å². The number of rotatable bonds is 6. The van der Waals surface area contributed by atoms with E-state index in [9.17, 15) is 13.2 Å². The number of sulfonamides is 1. The topological polar surface area (TPSA) is 92.4 Å². The third-order valence-electron chi connectivity index (χ3n) is 2.43. The number of aromatic amines is 1. The van der Waals surface area contributed by atoms with E-state index in [0.717, 1.165) is 4.31 Å². The van der Waals surface area contributed by atoms with Gasteiger partial charge in [0, 0.05) is 6.04 Å². The maximum atomic E-state index is 12.4. The van der Waals surface area contributed by atoms with Crippen molar-refractivity contribution >= 4 is 16.0 Å². The number of nitrogens with one attached hydrogen (secondary N) is 1. The van der Waals surface area contributed by atoms with Gasteiger partial charge in [0.05, 0.1) is 12.8 Å². The Morgan fingerprint density at radius 1 is 1.53 bits per heavy atom. The van der Waals surface area contributed by atoms with E-state index in [1.165, 1.54) is 6.20 Å². The third kappa shape index (κ3) is 3.77. The first-order valence-electron chi connectivity index (χ1n) is 5.98. The fourth-order valence-electron chi connectivity index (χ4n) is 1.53. The third-order valence-corrected chi connectivity index (χ3v) is 4.36. The maximum absolute atomic E-state index is 12.4. The number of nitrogens with zero attached hydrogens (tertiary/aromatic N) is 2. The highest BCUT2D eigenvalue weighted by atomic mass is 32.2. The minimum Gasteiger partial charge on any atom is -0.465 e.